The molecular formula is C34H50F9N5P2S. The van der Waals surface area contributed by atoms with Crippen LogP contribution < -0.4 is 15.8 Å². The second-order valence-corrected chi connectivity index (χ2v) is 19.6. The van der Waals surface area contributed by atoms with Crippen molar-refractivity contribution in [2.75, 3.05) is 0 Å². The molecule has 17 heteroatoms. The predicted molar refractivity (Wildman–Crippen MR) is 195 cm³/mol. The van der Waals surface area contributed by atoms with E-state index in [9.17, 15) is 39.5 Å². The zero-order valence-electron chi connectivity index (χ0n) is 31.0. The van der Waals surface area contributed by atoms with Crippen molar-refractivity contribution < 1.29 is 39.5 Å². The highest BCUT2D eigenvalue weighted by molar-refractivity contribution is 8.20. The molecule has 51 heavy (non-hydrogen) atoms. The molecule has 0 aliphatic carbocycles. The highest BCUT2D eigenvalue weighted by Gasteiger charge is 2.49. The molecule has 1 N–H and O–H groups in total. The van der Waals surface area contributed by atoms with E-state index in [0.29, 0.717) is 0 Å². The van der Waals surface area contributed by atoms with Gasteiger partial charge in [-0.1, -0.05) is 42.1 Å². The molecule has 0 aliphatic heterocycles. The lowest BCUT2D eigenvalue weighted by Crippen LogP contribution is -2.53. The van der Waals surface area contributed by atoms with Crippen molar-refractivity contribution in [3.63, 3.8) is 0 Å². The van der Waals surface area contributed by atoms with Gasteiger partial charge in [-0.3, -0.25) is 14.5 Å². The SMILES string of the molecule is CC(C)N(/C(=N\NP(c1ccccc1)c1c(C(F)(F)F)cc(C(F)(F)F)cc1C(F)(F)F)P(=S)(N(C(C)C)C(C)C)N(C(C)C)C(C)C)C(C)C. The lowest BCUT2D eigenvalue weighted by Gasteiger charge is -2.53. The molecule has 0 saturated heterocycles. The van der Waals surface area contributed by atoms with Crippen LogP contribution >= 0.6 is 14.4 Å². The average molecular weight is 794 g/mol. The van der Waals surface area contributed by atoms with Crippen LogP contribution in [0.3, 0.4) is 0 Å². The number of rotatable bonds is 13. The van der Waals surface area contributed by atoms with E-state index in [-0.39, 0.29) is 59.3 Å². The summed E-state index contributed by atoms with van der Waals surface area (Å²) < 4.78 is 134. The summed E-state index contributed by atoms with van der Waals surface area (Å²) in [6.45, 7) is 23.3. The number of nitrogens with one attached hydrogen (secondary N) is 1. The summed E-state index contributed by atoms with van der Waals surface area (Å²) in [4.78, 5) is 1.92. The Hall–Kier alpha value is -1.92. The van der Waals surface area contributed by atoms with Crippen LogP contribution in [0.1, 0.15) is 99.8 Å². The van der Waals surface area contributed by atoms with Gasteiger partial charge in [-0.25, -0.2) is 0 Å². The van der Waals surface area contributed by atoms with Crippen LogP contribution in [0.25, 0.3) is 0 Å². The maximum absolute atomic E-state index is 14.7. The fraction of sp³-hybridized carbons (Fsp3) is 0.618. The van der Waals surface area contributed by atoms with Gasteiger partial charge in [0.2, 0.25) is 0 Å². The summed E-state index contributed by atoms with van der Waals surface area (Å²) in [7, 11) is -2.95. The minimum atomic E-state index is -5.59. The van der Waals surface area contributed by atoms with Crippen LogP contribution in [-0.2, 0) is 30.3 Å². The molecule has 2 rings (SSSR count). The Labute approximate surface area is 302 Å². The predicted octanol–water partition coefficient (Wildman–Crippen LogP) is 10.6. The van der Waals surface area contributed by atoms with Gasteiger partial charge in [0.1, 0.15) is 6.34 Å². The van der Waals surface area contributed by atoms with Crippen molar-refractivity contribution in [3.05, 3.63) is 59.2 Å². The van der Waals surface area contributed by atoms with Gasteiger partial charge < -0.3 is 4.90 Å². The molecule has 0 aliphatic rings. The quantitative estimate of drug-likeness (QED) is 0.0718. The van der Waals surface area contributed by atoms with Gasteiger partial charge in [0, 0.05) is 46.9 Å². The van der Waals surface area contributed by atoms with Crippen molar-refractivity contribution >= 4 is 42.4 Å². The molecule has 0 saturated carbocycles. The molecule has 2 aromatic rings. The fourth-order valence-corrected chi connectivity index (χ4v) is 15.3. The van der Waals surface area contributed by atoms with Crippen LogP contribution in [0, 0.1) is 0 Å². The molecule has 2 aromatic carbocycles. The van der Waals surface area contributed by atoms with Crippen LogP contribution in [0.4, 0.5) is 39.5 Å². The first-order valence-corrected chi connectivity index (χ1v) is 20.7. The minimum absolute atomic E-state index is 0.0190. The van der Waals surface area contributed by atoms with Crippen molar-refractivity contribution in [2.45, 2.75) is 138 Å². The Morgan fingerprint density at radius 1 is 0.627 bits per heavy atom. The molecular weight excluding hydrogens is 743 g/mol. The summed E-state index contributed by atoms with van der Waals surface area (Å²) >= 11 is 6.77. The van der Waals surface area contributed by atoms with E-state index < -0.39 is 54.9 Å². The summed E-state index contributed by atoms with van der Waals surface area (Å²) in [6, 6.07) is 5.31. The van der Waals surface area contributed by atoms with Gasteiger partial charge >= 0.3 is 18.5 Å². The van der Waals surface area contributed by atoms with Gasteiger partial charge in [-0.15, -0.1) is 0 Å². The Morgan fingerprint density at radius 2 is 1.00 bits per heavy atom. The first kappa shape index (κ1) is 45.2. The van der Waals surface area contributed by atoms with Gasteiger partial charge in [-0.2, -0.15) is 44.6 Å². The van der Waals surface area contributed by atoms with Gasteiger partial charge in [-0.05, 0) is 95.2 Å². The number of amidine groups is 1. The lowest BCUT2D eigenvalue weighted by atomic mass is 10.0. The molecule has 0 amide bonds. The third-order valence-corrected chi connectivity index (χ3v) is 15.5. The van der Waals surface area contributed by atoms with Crippen LogP contribution in [0.5, 0.6) is 0 Å². The Kier molecular flexibility index (Phi) is 15.1. The Bertz CT molecular complexity index is 1440. The molecule has 5 nitrogen and oxygen atoms in total. The second-order valence-electron chi connectivity index (χ2n) is 13.9. The number of nitrogens with zero attached hydrogens (tertiary/aromatic N) is 4. The Morgan fingerprint density at radius 3 is 1.29 bits per heavy atom. The van der Waals surface area contributed by atoms with E-state index in [0.717, 1.165) is 0 Å². The molecule has 0 radical (unpaired) electrons. The van der Waals surface area contributed by atoms with Gasteiger partial charge in [0.15, 0.2) is 5.58 Å². The highest BCUT2D eigenvalue weighted by atomic mass is 32.4. The molecule has 290 valence electrons. The number of alkyl halides is 9. The van der Waals surface area contributed by atoms with E-state index in [1.54, 1.807) is 0 Å². The average Bonchev–Trinajstić information content (AvgIpc) is 2.94. The van der Waals surface area contributed by atoms with Crippen molar-refractivity contribution in [1.29, 1.82) is 0 Å². The normalized spacial score (nSPS) is 14.7. The molecule has 0 spiro atoms. The zero-order valence-corrected chi connectivity index (χ0v) is 33.6. The molecule has 0 fully saturated rings. The molecule has 0 heterocycles. The standard InChI is InChI=1S/C34H50F9N5P2S/c1-20(2)46(21(3)4)31(50(51,47(22(5)6)23(7)8)48(24(9)10)25(11)12)44-45-49(27-16-14-13-15-17-27)30-28(33(38,39)40)18-26(32(35,36)37)19-29(30)34(41,42)43/h13-25,45H,1-12H3/b44-31+. The smallest absolute Gasteiger partial charge is 0.347 e. The molecule has 0 bridgehead atoms. The first-order valence-electron chi connectivity index (χ1n) is 16.6. The van der Waals surface area contributed by atoms with Gasteiger partial charge in [0.25, 0.3) is 0 Å². The van der Waals surface area contributed by atoms with E-state index in [2.05, 4.69) is 14.5 Å². The summed E-state index contributed by atoms with van der Waals surface area (Å²) in [6.07, 6.45) is -19.9. The number of hydrogen-bond acceptors (Lipinski definition) is 3. The van der Waals surface area contributed by atoms with Crippen LogP contribution in [0.15, 0.2) is 47.6 Å². The number of benzene rings is 2. The Balaban J connectivity index is 3.31. The van der Waals surface area contributed by atoms with Crippen molar-refractivity contribution in [1.82, 2.24) is 19.4 Å². The molecule has 1 atom stereocenters. The zero-order chi connectivity index (χ0) is 39.6. The van der Waals surface area contributed by atoms with E-state index in [1.165, 1.54) is 30.3 Å². The summed E-state index contributed by atoms with van der Waals surface area (Å²) in [5, 5.41) is 6.16. The third-order valence-electron chi connectivity index (χ3n) is 7.88. The highest BCUT2D eigenvalue weighted by Crippen LogP contribution is 2.60. The molecule has 1 unspecified atom stereocenters. The third kappa shape index (κ3) is 10.4. The minimum Gasteiger partial charge on any atom is -0.347 e. The molecule has 0 aromatic heterocycles. The van der Waals surface area contributed by atoms with E-state index in [1.807, 2.05) is 88.0 Å². The maximum atomic E-state index is 14.7. The van der Waals surface area contributed by atoms with Crippen LogP contribution in [-0.4, -0.2) is 56.1 Å². The largest absolute Gasteiger partial charge is 0.417 e. The fourth-order valence-electron chi connectivity index (χ4n) is 6.48. The van der Waals surface area contributed by atoms with Crippen molar-refractivity contribution in [3.8, 4) is 0 Å². The summed E-state index contributed by atoms with van der Waals surface area (Å²) in [5.74, 6) is 0. The topological polar surface area (TPSA) is 34.1 Å². The maximum Gasteiger partial charge on any atom is 0.417 e. The van der Waals surface area contributed by atoms with Gasteiger partial charge in [0.05, 0.1) is 24.8 Å². The number of hydrogen-bond donors (Lipinski definition) is 1. The first-order chi connectivity index (χ1) is 23.1. The number of hydrazone groups is 1. The van der Waals surface area contributed by atoms with Crippen LogP contribution in [0.2, 0.25) is 0 Å². The lowest BCUT2D eigenvalue weighted by molar-refractivity contribution is -0.147. The van der Waals surface area contributed by atoms with E-state index >= 15 is 0 Å². The second kappa shape index (κ2) is 17.0. The number of halogens is 9. The van der Waals surface area contributed by atoms with E-state index in [4.69, 9.17) is 16.9 Å². The monoisotopic (exact) mass is 793 g/mol. The van der Waals surface area contributed by atoms with Crippen molar-refractivity contribution in [2.24, 2.45) is 5.10 Å². The summed E-state index contributed by atoms with van der Waals surface area (Å²) in [5.41, 5.74) is -5.90.